The molecule has 1 aromatic rings. The molecule has 10 heavy (non-hydrogen) atoms. The molecule has 0 aliphatic heterocycles. The summed E-state index contributed by atoms with van der Waals surface area (Å²) < 4.78 is 29.8. The van der Waals surface area contributed by atoms with Gasteiger partial charge in [-0.2, -0.15) is 0 Å². The van der Waals surface area contributed by atoms with E-state index in [0.717, 1.165) is 0 Å². The molecule has 1 aromatic heterocycles. The Bertz CT molecular complexity index is 270. The van der Waals surface area contributed by atoms with Crippen molar-refractivity contribution in [3.05, 3.63) is 18.3 Å². The van der Waals surface area contributed by atoms with Crippen molar-refractivity contribution in [1.29, 1.82) is 0 Å². The highest BCUT2D eigenvalue weighted by Gasteiger charge is 1.91. The van der Waals surface area contributed by atoms with Crippen molar-refractivity contribution in [1.82, 2.24) is 4.98 Å². The van der Waals surface area contributed by atoms with Crippen LogP contribution in [0, 0.1) is 0 Å². The molecule has 0 saturated carbocycles. The van der Waals surface area contributed by atoms with Crippen molar-refractivity contribution in [2.75, 3.05) is 14.1 Å². The van der Waals surface area contributed by atoms with Gasteiger partial charge in [-0.1, -0.05) is 0 Å². The molecule has 1 rings (SSSR count). The van der Waals surface area contributed by atoms with Crippen molar-refractivity contribution in [3.8, 4) is 11.6 Å². The summed E-state index contributed by atoms with van der Waals surface area (Å²) in [5, 5.41) is 0. The zero-order valence-corrected chi connectivity index (χ0v) is 5.50. The third-order valence-corrected chi connectivity index (χ3v) is 1.04. The highest BCUT2D eigenvalue weighted by Crippen LogP contribution is 2.11. The summed E-state index contributed by atoms with van der Waals surface area (Å²) in [6.07, 6.45) is 1.30. The molecule has 1 heterocycles. The van der Waals surface area contributed by atoms with E-state index in [1.54, 1.807) is 0 Å². The van der Waals surface area contributed by atoms with Gasteiger partial charge in [0.1, 0.15) is 5.75 Å². The number of pyridine rings is 1. The molecule has 0 bridgehead atoms. The summed E-state index contributed by atoms with van der Waals surface area (Å²) in [7, 11) is -0.955. The Labute approximate surface area is 63.8 Å². The first-order valence-corrected chi connectivity index (χ1v) is 2.70. The molecule has 0 unspecified atom stereocenters. The first-order chi connectivity index (χ1) is 6.01. The average Bonchev–Trinajstić information content (AvgIpc) is 2.03. The minimum absolute atomic E-state index is 0.195. The summed E-state index contributed by atoms with van der Waals surface area (Å²) in [6.45, 7) is 0. The van der Waals surface area contributed by atoms with E-state index in [1.807, 2.05) is 0 Å². The third-order valence-electron chi connectivity index (χ3n) is 1.04. The number of hydrogen-bond donors (Lipinski definition) is 0. The Balaban J connectivity index is 2.70. The smallest absolute Gasteiger partial charge is 0.213 e. The number of nitrogens with zero attached hydrogens (tertiary/aromatic N) is 1. The van der Waals surface area contributed by atoms with Crippen LogP contribution in [-0.4, -0.2) is 19.1 Å². The van der Waals surface area contributed by atoms with E-state index >= 15 is 0 Å². The van der Waals surface area contributed by atoms with E-state index in [-0.39, 0.29) is 5.75 Å². The summed E-state index contributed by atoms with van der Waals surface area (Å²) in [6, 6.07) is 3.01. The molecule has 0 aliphatic carbocycles. The average molecular weight is 142 g/mol. The van der Waals surface area contributed by atoms with Crippen LogP contribution in [0.15, 0.2) is 18.3 Å². The fourth-order valence-corrected chi connectivity index (χ4v) is 0.548. The highest BCUT2D eigenvalue weighted by molar-refractivity contribution is 5.22. The van der Waals surface area contributed by atoms with Gasteiger partial charge in [0, 0.05) is 6.07 Å². The second kappa shape index (κ2) is 3.06. The van der Waals surface area contributed by atoms with Gasteiger partial charge in [0.15, 0.2) is 0 Å². The molecule has 3 nitrogen and oxygen atoms in total. The van der Waals surface area contributed by atoms with E-state index in [1.165, 1.54) is 25.4 Å². The Hall–Kier alpha value is -1.25. The molecule has 0 fully saturated rings. The van der Waals surface area contributed by atoms with Crippen molar-refractivity contribution in [2.45, 2.75) is 0 Å². The maximum Gasteiger partial charge on any atom is 0.213 e. The standard InChI is InChI=1S/C7H9NO2/c1-9-6-3-4-7(10-2)8-5-6/h3-5H,1-2H3/i1D3. The zero-order valence-electron chi connectivity index (χ0n) is 8.50. The van der Waals surface area contributed by atoms with Crippen LogP contribution in [0.5, 0.6) is 11.6 Å². The normalized spacial score (nSPS) is 14.7. The number of hydrogen-bond acceptors (Lipinski definition) is 3. The lowest BCUT2D eigenvalue weighted by Gasteiger charge is -1.99. The van der Waals surface area contributed by atoms with Gasteiger partial charge < -0.3 is 9.47 Å². The molecule has 0 amide bonds. The third kappa shape index (κ3) is 1.37. The monoisotopic (exact) mass is 142 g/mol. The second-order valence-corrected chi connectivity index (χ2v) is 1.64. The summed E-state index contributed by atoms with van der Waals surface area (Å²) in [4.78, 5) is 3.78. The van der Waals surface area contributed by atoms with E-state index in [9.17, 15) is 0 Å². The maximum absolute atomic E-state index is 6.82. The lowest BCUT2D eigenvalue weighted by atomic mass is 10.4. The molecule has 0 saturated heterocycles. The highest BCUT2D eigenvalue weighted by atomic mass is 16.5. The number of rotatable bonds is 2. The second-order valence-electron chi connectivity index (χ2n) is 1.64. The fourth-order valence-electron chi connectivity index (χ4n) is 0.548. The molecular weight excluding hydrogens is 130 g/mol. The SMILES string of the molecule is [2H]C([2H])([2H])Oc1ccc(OC)nc1. The Kier molecular flexibility index (Phi) is 1.16. The van der Waals surface area contributed by atoms with Gasteiger partial charge in [-0.05, 0) is 6.07 Å². The maximum atomic E-state index is 6.82. The molecular formula is C7H9NO2. The Morgan fingerprint density at radius 3 is 2.90 bits per heavy atom. The number of ether oxygens (including phenoxy) is 2. The molecule has 54 valence electrons. The molecule has 0 radical (unpaired) electrons. The summed E-state index contributed by atoms with van der Waals surface area (Å²) in [5.41, 5.74) is 0. The quantitative estimate of drug-likeness (QED) is 0.619. The van der Waals surface area contributed by atoms with Crippen LogP contribution in [0.25, 0.3) is 0 Å². The minimum atomic E-state index is -2.43. The number of methoxy groups -OCH3 is 2. The Morgan fingerprint density at radius 1 is 1.50 bits per heavy atom. The van der Waals surface area contributed by atoms with E-state index in [0.29, 0.717) is 5.88 Å². The summed E-state index contributed by atoms with van der Waals surface area (Å²) in [5.74, 6) is 0.610. The van der Waals surface area contributed by atoms with Gasteiger partial charge in [-0.15, -0.1) is 0 Å². The van der Waals surface area contributed by atoms with E-state index in [4.69, 9.17) is 8.85 Å². The molecule has 0 N–H and O–H groups in total. The van der Waals surface area contributed by atoms with Crippen LogP contribution >= 0.6 is 0 Å². The Morgan fingerprint density at radius 2 is 2.40 bits per heavy atom. The van der Waals surface area contributed by atoms with Gasteiger partial charge in [0.25, 0.3) is 0 Å². The predicted octanol–water partition coefficient (Wildman–Crippen LogP) is 1.10. The lowest BCUT2D eigenvalue weighted by Crippen LogP contribution is -1.87. The van der Waals surface area contributed by atoms with E-state index < -0.39 is 7.04 Å². The molecule has 0 atom stereocenters. The lowest BCUT2D eigenvalue weighted by molar-refractivity contribution is 0.387. The van der Waals surface area contributed by atoms with Crippen LogP contribution in [0.3, 0.4) is 0 Å². The van der Waals surface area contributed by atoms with Crippen LogP contribution in [0.2, 0.25) is 0 Å². The fraction of sp³-hybridized carbons (Fsp3) is 0.286. The number of aromatic nitrogens is 1. The van der Waals surface area contributed by atoms with E-state index in [2.05, 4.69) is 9.72 Å². The first-order valence-electron chi connectivity index (χ1n) is 4.20. The van der Waals surface area contributed by atoms with Gasteiger partial charge >= 0.3 is 0 Å². The van der Waals surface area contributed by atoms with Crippen molar-refractivity contribution in [3.63, 3.8) is 0 Å². The zero-order chi connectivity index (χ0) is 9.90. The van der Waals surface area contributed by atoms with Gasteiger partial charge in [0.2, 0.25) is 5.88 Å². The molecule has 3 heteroatoms. The molecule has 0 aliphatic rings. The topological polar surface area (TPSA) is 31.4 Å². The van der Waals surface area contributed by atoms with Crippen LogP contribution in [0.4, 0.5) is 0 Å². The summed E-state index contributed by atoms with van der Waals surface area (Å²) >= 11 is 0. The van der Waals surface area contributed by atoms with Gasteiger partial charge in [0.05, 0.1) is 24.5 Å². The largest absolute Gasteiger partial charge is 0.495 e. The van der Waals surface area contributed by atoms with Crippen LogP contribution in [-0.2, 0) is 0 Å². The first kappa shape index (κ1) is 3.81. The van der Waals surface area contributed by atoms with Crippen molar-refractivity contribution >= 4 is 0 Å². The van der Waals surface area contributed by atoms with Gasteiger partial charge in [-0.25, -0.2) is 4.98 Å². The van der Waals surface area contributed by atoms with Gasteiger partial charge in [-0.3, -0.25) is 0 Å². The predicted molar refractivity (Wildman–Crippen MR) is 37.3 cm³/mol. The van der Waals surface area contributed by atoms with Crippen LogP contribution < -0.4 is 9.47 Å². The van der Waals surface area contributed by atoms with Crippen LogP contribution in [0.1, 0.15) is 4.11 Å². The minimum Gasteiger partial charge on any atom is -0.495 e. The van der Waals surface area contributed by atoms with Crippen molar-refractivity contribution in [2.24, 2.45) is 0 Å². The van der Waals surface area contributed by atoms with Crippen molar-refractivity contribution < 1.29 is 13.6 Å². The molecule has 0 aromatic carbocycles. The molecule has 0 spiro atoms.